The molecule has 8 nitrogen and oxygen atoms in total. The number of rotatable bonds is 7. The molecule has 1 N–H and O–H groups in total. The minimum atomic E-state index is -0.686. The molecule has 0 aliphatic carbocycles. The first-order valence-electron chi connectivity index (χ1n) is 11.0. The summed E-state index contributed by atoms with van der Waals surface area (Å²) in [7, 11) is 2.11. The Morgan fingerprint density at radius 3 is 2.12 bits per heavy atom. The van der Waals surface area contributed by atoms with E-state index in [1.807, 2.05) is 36.4 Å². The molecule has 2 aromatic carbocycles. The largest absolute Gasteiger partial charge is 0.353 e. The molecule has 3 aromatic rings. The van der Waals surface area contributed by atoms with Gasteiger partial charge in [0.15, 0.2) is 0 Å². The fraction of sp³-hybridized carbons (Fsp3) is 0.375. The van der Waals surface area contributed by atoms with Crippen molar-refractivity contribution in [2.24, 2.45) is 0 Å². The van der Waals surface area contributed by atoms with Crippen LogP contribution in [-0.2, 0) is 17.9 Å². The van der Waals surface area contributed by atoms with Crippen LogP contribution in [0.3, 0.4) is 0 Å². The summed E-state index contributed by atoms with van der Waals surface area (Å²) >= 11 is 0. The molecule has 0 radical (unpaired) electrons. The van der Waals surface area contributed by atoms with Gasteiger partial charge in [-0.1, -0.05) is 42.5 Å². The lowest BCUT2D eigenvalue weighted by Gasteiger charge is -2.32. The molecule has 32 heavy (non-hydrogen) atoms. The monoisotopic (exact) mass is 435 g/mol. The molecule has 0 spiro atoms. The molecule has 1 fully saturated rings. The molecule has 1 amide bonds. The second kappa shape index (κ2) is 9.93. The molecule has 8 heteroatoms. The van der Waals surface area contributed by atoms with Crippen LogP contribution in [0, 0.1) is 0 Å². The molecule has 0 atom stereocenters. The van der Waals surface area contributed by atoms with Crippen molar-refractivity contribution >= 4 is 16.9 Å². The summed E-state index contributed by atoms with van der Waals surface area (Å²) < 4.78 is 2.76. The lowest BCUT2D eigenvalue weighted by molar-refractivity contribution is -0.121. The molecule has 168 valence electrons. The van der Waals surface area contributed by atoms with Gasteiger partial charge in [-0.05, 0) is 24.7 Å². The third-order valence-electron chi connectivity index (χ3n) is 5.97. The lowest BCUT2D eigenvalue weighted by atomic mass is 10.2. The van der Waals surface area contributed by atoms with Crippen LogP contribution in [0.25, 0.3) is 11.0 Å². The van der Waals surface area contributed by atoms with E-state index in [-0.39, 0.29) is 12.5 Å². The number of carbonyl (C=O) groups excluding carboxylic acids is 1. The van der Waals surface area contributed by atoms with E-state index in [4.69, 9.17) is 0 Å². The standard InChI is InChI=1S/C24H29N5O3/c1-26-13-15-27(16-14-26)12-11-25-22(30)18-29-21-10-6-5-9-20(21)28(23(31)24(29)32)17-19-7-3-2-4-8-19/h2-10H,11-18H2,1H3,(H,25,30). The van der Waals surface area contributed by atoms with Crippen LogP contribution in [0.1, 0.15) is 5.56 Å². The van der Waals surface area contributed by atoms with Crippen LogP contribution in [-0.4, -0.2) is 71.2 Å². The van der Waals surface area contributed by atoms with Gasteiger partial charge in [-0.3, -0.25) is 28.4 Å². The molecule has 2 heterocycles. The third-order valence-corrected chi connectivity index (χ3v) is 5.97. The SMILES string of the molecule is CN1CCN(CCNC(=O)Cn2c(=O)c(=O)n(Cc3ccccc3)c3ccccc32)CC1. The summed E-state index contributed by atoms with van der Waals surface area (Å²) in [6, 6.07) is 16.8. The van der Waals surface area contributed by atoms with Gasteiger partial charge in [-0.2, -0.15) is 0 Å². The van der Waals surface area contributed by atoms with E-state index in [9.17, 15) is 14.4 Å². The molecule has 1 aliphatic heterocycles. The fourth-order valence-electron chi connectivity index (χ4n) is 4.07. The molecule has 0 saturated carbocycles. The van der Waals surface area contributed by atoms with Gasteiger partial charge in [0, 0.05) is 39.3 Å². The van der Waals surface area contributed by atoms with Crippen molar-refractivity contribution in [2.75, 3.05) is 46.3 Å². The van der Waals surface area contributed by atoms with Crippen molar-refractivity contribution in [1.29, 1.82) is 0 Å². The molecule has 4 rings (SSSR count). The number of hydrogen-bond donors (Lipinski definition) is 1. The predicted octanol–water partition coefficient (Wildman–Crippen LogP) is 0.575. The average molecular weight is 436 g/mol. The first-order valence-corrected chi connectivity index (χ1v) is 11.0. The van der Waals surface area contributed by atoms with Crippen molar-refractivity contribution < 1.29 is 4.79 Å². The molecule has 0 unspecified atom stereocenters. The van der Waals surface area contributed by atoms with E-state index in [0.29, 0.717) is 24.1 Å². The van der Waals surface area contributed by atoms with Crippen molar-refractivity contribution in [1.82, 2.24) is 24.3 Å². The minimum absolute atomic E-state index is 0.177. The van der Waals surface area contributed by atoms with Gasteiger partial charge < -0.3 is 10.2 Å². The zero-order chi connectivity index (χ0) is 22.5. The summed E-state index contributed by atoms with van der Waals surface area (Å²) in [4.78, 5) is 43.0. The number of carbonyl (C=O) groups is 1. The smallest absolute Gasteiger partial charge is 0.317 e. The van der Waals surface area contributed by atoms with Crippen LogP contribution in [0.2, 0.25) is 0 Å². The number of hydrogen-bond acceptors (Lipinski definition) is 5. The minimum Gasteiger partial charge on any atom is -0.353 e. The van der Waals surface area contributed by atoms with Gasteiger partial charge >= 0.3 is 11.1 Å². The van der Waals surface area contributed by atoms with E-state index in [1.165, 1.54) is 9.13 Å². The van der Waals surface area contributed by atoms with Gasteiger partial charge in [-0.15, -0.1) is 0 Å². The van der Waals surface area contributed by atoms with Gasteiger partial charge in [0.1, 0.15) is 6.54 Å². The Labute approximate surface area is 186 Å². The summed E-state index contributed by atoms with van der Waals surface area (Å²) in [6.45, 7) is 5.42. The van der Waals surface area contributed by atoms with E-state index >= 15 is 0 Å². The highest BCUT2D eigenvalue weighted by Crippen LogP contribution is 2.12. The van der Waals surface area contributed by atoms with E-state index in [1.54, 1.807) is 18.2 Å². The Morgan fingerprint density at radius 2 is 1.44 bits per heavy atom. The maximum atomic E-state index is 12.9. The summed E-state index contributed by atoms with van der Waals surface area (Å²) in [5.41, 5.74) is 0.818. The van der Waals surface area contributed by atoms with Crippen LogP contribution >= 0.6 is 0 Å². The quantitative estimate of drug-likeness (QED) is 0.549. The van der Waals surface area contributed by atoms with E-state index in [0.717, 1.165) is 38.3 Å². The zero-order valence-corrected chi connectivity index (χ0v) is 18.4. The number of nitrogens with zero attached hydrogens (tertiary/aromatic N) is 4. The molecule has 1 saturated heterocycles. The highest BCUT2D eigenvalue weighted by atomic mass is 16.2. The first-order chi connectivity index (χ1) is 15.5. The number of amides is 1. The Hall–Kier alpha value is -3.23. The molecule has 1 aromatic heterocycles. The Bertz CT molecular complexity index is 1190. The summed E-state index contributed by atoms with van der Waals surface area (Å²) in [5.74, 6) is -0.272. The van der Waals surface area contributed by atoms with Gasteiger partial charge in [0.25, 0.3) is 0 Å². The number of likely N-dealkylation sites (N-methyl/N-ethyl adjacent to an activating group) is 1. The van der Waals surface area contributed by atoms with Crippen LogP contribution < -0.4 is 16.4 Å². The highest BCUT2D eigenvalue weighted by molar-refractivity contribution is 5.80. The van der Waals surface area contributed by atoms with E-state index < -0.39 is 11.1 Å². The first kappa shape index (κ1) is 22.0. The number of aromatic nitrogens is 2. The summed E-state index contributed by atoms with van der Waals surface area (Å²) in [5, 5.41) is 2.89. The topological polar surface area (TPSA) is 79.6 Å². The van der Waals surface area contributed by atoms with Crippen molar-refractivity contribution in [3.63, 3.8) is 0 Å². The average Bonchev–Trinajstić information content (AvgIpc) is 2.81. The third kappa shape index (κ3) is 4.98. The lowest BCUT2D eigenvalue weighted by Crippen LogP contribution is -2.47. The predicted molar refractivity (Wildman–Crippen MR) is 125 cm³/mol. The number of piperazine rings is 1. The molecular formula is C24H29N5O3. The normalized spacial score (nSPS) is 15.2. The second-order valence-electron chi connectivity index (χ2n) is 8.25. The van der Waals surface area contributed by atoms with Crippen LogP contribution in [0.15, 0.2) is 64.2 Å². The Kier molecular flexibility index (Phi) is 6.82. The Morgan fingerprint density at radius 1 is 0.844 bits per heavy atom. The second-order valence-corrected chi connectivity index (χ2v) is 8.25. The Balaban J connectivity index is 1.51. The van der Waals surface area contributed by atoms with Gasteiger partial charge in [0.2, 0.25) is 5.91 Å². The van der Waals surface area contributed by atoms with Crippen LogP contribution in [0.5, 0.6) is 0 Å². The van der Waals surface area contributed by atoms with E-state index in [2.05, 4.69) is 22.2 Å². The molecule has 0 bridgehead atoms. The van der Waals surface area contributed by atoms with Crippen molar-refractivity contribution in [3.05, 3.63) is 80.9 Å². The maximum Gasteiger partial charge on any atom is 0.317 e. The highest BCUT2D eigenvalue weighted by Gasteiger charge is 2.16. The molecular weight excluding hydrogens is 406 g/mol. The number of benzene rings is 2. The summed E-state index contributed by atoms with van der Waals surface area (Å²) in [6.07, 6.45) is 0. The number of fused-ring (bicyclic) bond motifs is 1. The van der Waals surface area contributed by atoms with Crippen LogP contribution in [0.4, 0.5) is 0 Å². The maximum absolute atomic E-state index is 12.9. The molecule has 1 aliphatic rings. The van der Waals surface area contributed by atoms with Crippen molar-refractivity contribution in [3.8, 4) is 0 Å². The van der Waals surface area contributed by atoms with Crippen molar-refractivity contribution in [2.45, 2.75) is 13.1 Å². The zero-order valence-electron chi connectivity index (χ0n) is 18.4. The van der Waals surface area contributed by atoms with Gasteiger partial charge in [0.05, 0.1) is 17.6 Å². The number of para-hydroxylation sites is 2. The van der Waals surface area contributed by atoms with Gasteiger partial charge in [-0.25, -0.2) is 0 Å². The fourth-order valence-corrected chi connectivity index (χ4v) is 4.07. The number of nitrogens with one attached hydrogen (secondary N) is 1.